The maximum absolute atomic E-state index is 12.6. The van der Waals surface area contributed by atoms with Gasteiger partial charge in [-0.2, -0.15) is 18.4 Å². The molecular weight excluding hydrogens is 369 g/mol. The summed E-state index contributed by atoms with van der Waals surface area (Å²) in [6.45, 7) is 0.428. The first-order chi connectivity index (χ1) is 13.4. The van der Waals surface area contributed by atoms with Crippen molar-refractivity contribution in [2.45, 2.75) is 12.7 Å². The van der Waals surface area contributed by atoms with E-state index in [0.717, 1.165) is 29.8 Å². The summed E-state index contributed by atoms with van der Waals surface area (Å²) in [5.74, 6) is -0.166. The first kappa shape index (κ1) is 19.0. The fraction of sp³-hybridized carbons (Fsp3) is 0.100. The maximum Gasteiger partial charge on any atom is 0.416 e. The lowest BCUT2D eigenvalue weighted by Crippen LogP contribution is -2.08. The highest BCUT2D eigenvalue weighted by Gasteiger charge is 2.30. The summed E-state index contributed by atoms with van der Waals surface area (Å²) in [4.78, 5) is 20.5. The molecule has 1 N–H and O–H groups in total. The largest absolute Gasteiger partial charge is 0.416 e. The van der Waals surface area contributed by atoms with Crippen molar-refractivity contribution in [3.8, 4) is 6.07 Å². The van der Waals surface area contributed by atoms with Gasteiger partial charge in [0.05, 0.1) is 22.8 Å². The van der Waals surface area contributed by atoms with Crippen LogP contribution in [-0.2, 0) is 12.7 Å². The van der Waals surface area contributed by atoms with Gasteiger partial charge in [-0.1, -0.05) is 24.3 Å². The van der Waals surface area contributed by atoms with Crippen molar-refractivity contribution in [2.24, 2.45) is 0 Å². The summed E-state index contributed by atoms with van der Waals surface area (Å²) in [5.41, 5.74) is 0.958. The van der Waals surface area contributed by atoms with Gasteiger partial charge in [-0.15, -0.1) is 0 Å². The van der Waals surface area contributed by atoms with Gasteiger partial charge in [0.2, 0.25) is 5.95 Å². The topological polar surface area (TPSA) is 78.7 Å². The Labute approximate surface area is 158 Å². The second kappa shape index (κ2) is 7.88. The molecule has 0 aliphatic carbocycles. The van der Waals surface area contributed by atoms with Crippen LogP contribution < -0.4 is 5.32 Å². The molecule has 8 heteroatoms. The second-order valence-corrected chi connectivity index (χ2v) is 5.86. The molecule has 1 aromatic heterocycles. The van der Waals surface area contributed by atoms with Crippen LogP contribution in [0.3, 0.4) is 0 Å². The molecule has 0 atom stereocenters. The average Bonchev–Trinajstić information content (AvgIpc) is 2.72. The molecule has 0 saturated carbocycles. The van der Waals surface area contributed by atoms with Crippen molar-refractivity contribution >= 4 is 11.7 Å². The molecule has 0 radical (unpaired) electrons. The van der Waals surface area contributed by atoms with Crippen LogP contribution in [0.25, 0.3) is 0 Å². The Morgan fingerprint density at radius 3 is 2.11 bits per heavy atom. The minimum absolute atomic E-state index is 0.120. The third kappa shape index (κ3) is 4.51. The quantitative estimate of drug-likeness (QED) is 0.669. The van der Waals surface area contributed by atoms with Gasteiger partial charge in [0.1, 0.15) is 0 Å². The van der Waals surface area contributed by atoms with Crippen LogP contribution >= 0.6 is 0 Å². The van der Waals surface area contributed by atoms with E-state index in [1.807, 2.05) is 6.07 Å². The molecule has 28 heavy (non-hydrogen) atoms. The number of rotatable bonds is 5. The van der Waals surface area contributed by atoms with Crippen LogP contribution in [0.5, 0.6) is 0 Å². The number of halogens is 3. The number of aromatic nitrogens is 2. The van der Waals surface area contributed by atoms with Crippen LogP contribution in [-0.4, -0.2) is 15.8 Å². The number of anilines is 1. The molecule has 5 nitrogen and oxygen atoms in total. The lowest BCUT2D eigenvalue weighted by Gasteiger charge is -2.08. The summed E-state index contributed by atoms with van der Waals surface area (Å²) in [6, 6.07) is 13.0. The molecule has 140 valence electrons. The number of hydrogen-bond acceptors (Lipinski definition) is 5. The number of alkyl halides is 3. The zero-order valence-corrected chi connectivity index (χ0v) is 14.4. The lowest BCUT2D eigenvalue weighted by atomic mass is 10.0. The lowest BCUT2D eigenvalue weighted by molar-refractivity contribution is -0.137. The van der Waals surface area contributed by atoms with Gasteiger partial charge < -0.3 is 5.32 Å². The molecule has 3 aromatic rings. The van der Waals surface area contributed by atoms with Gasteiger partial charge in [-0.3, -0.25) is 4.79 Å². The van der Waals surface area contributed by atoms with Crippen molar-refractivity contribution < 1.29 is 18.0 Å². The first-order valence-corrected chi connectivity index (χ1v) is 8.14. The molecule has 0 aliphatic heterocycles. The SMILES string of the molecule is N#Cc1ccc(CNc2ncc(C(=O)c3ccc(C(F)(F)F)cc3)cn2)cc1. The van der Waals surface area contributed by atoms with Gasteiger partial charge in [0.25, 0.3) is 0 Å². The predicted octanol–water partition coefficient (Wildman–Crippen LogP) is 4.21. The van der Waals surface area contributed by atoms with E-state index in [9.17, 15) is 18.0 Å². The monoisotopic (exact) mass is 382 g/mol. The third-order valence-electron chi connectivity index (χ3n) is 3.92. The van der Waals surface area contributed by atoms with E-state index in [1.165, 1.54) is 12.4 Å². The highest BCUT2D eigenvalue weighted by molar-refractivity contribution is 6.08. The Balaban J connectivity index is 1.64. The van der Waals surface area contributed by atoms with Crippen LogP contribution in [0.15, 0.2) is 60.9 Å². The average molecular weight is 382 g/mol. The number of carbonyl (C=O) groups excluding carboxylic acids is 1. The smallest absolute Gasteiger partial charge is 0.350 e. The fourth-order valence-electron chi connectivity index (χ4n) is 2.39. The van der Waals surface area contributed by atoms with Crippen molar-refractivity contribution in [1.29, 1.82) is 5.26 Å². The van der Waals surface area contributed by atoms with E-state index in [-0.39, 0.29) is 11.1 Å². The van der Waals surface area contributed by atoms with Gasteiger partial charge in [0, 0.05) is 24.5 Å². The number of nitriles is 1. The fourth-order valence-corrected chi connectivity index (χ4v) is 2.39. The molecule has 0 amide bonds. The van der Waals surface area contributed by atoms with Crippen LogP contribution in [0.4, 0.5) is 19.1 Å². The van der Waals surface area contributed by atoms with Gasteiger partial charge >= 0.3 is 6.18 Å². The van der Waals surface area contributed by atoms with E-state index in [0.29, 0.717) is 18.1 Å². The molecule has 0 bridgehead atoms. The normalized spacial score (nSPS) is 10.9. The van der Waals surface area contributed by atoms with Crippen molar-refractivity contribution in [2.75, 3.05) is 5.32 Å². The van der Waals surface area contributed by atoms with Gasteiger partial charge in [-0.25, -0.2) is 9.97 Å². The number of benzene rings is 2. The highest BCUT2D eigenvalue weighted by atomic mass is 19.4. The Morgan fingerprint density at radius 1 is 0.964 bits per heavy atom. The van der Waals surface area contributed by atoms with E-state index in [2.05, 4.69) is 15.3 Å². The van der Waals surface area contributed by atoms with Crippen LogP contribution in [0.2, 0.25) is 0 Å². The standard InChI is InChI=1S/C20H13F3N4O/c21-20(22,23)17-7-5-15(6-8-17)18(28)16-11-26-19(27-12-16)25-10-14-3-1-13(9-24)2-4-14/h1-8,11-12H,10H2,(H,25,26,27). The number of nitrogens with one attached hydrogen (secondary N) is 1. The Bertz CT molecular complexity index is 1010. The molecule has 0 spiro atoms. The maximum atomic E-state index is 12.6. The van der Waals surface area contributed by atoms with Crippen LogP contribution in [0, 0.1) is 11.3 Å². The second-order valence-electron chi connectivity index (χ2n) is 5.86. The summed E-state index contributed by atoms with van der Waals surface area (Å²) < 4.78 is 37.8. The number of ketones is 1. The van der Waals surface area contributed by atoms with Crippen LogP contribution in [0.1, 0.15) is 32.6 Å². The first-order valence-electron chi connectivity index (χ1n) is 8.14. The summed E-state index contributed by atoms with van der Waals surface area (Å²) in [5, 5.41) is 11.8. The Hall–Kier alpha value is -3.73. The number of nitrogens with zero attached hydrogens (tertiary/aromatic N) is 3. The van der Waals surface area contributed by atoms with E-state index >= 15 is 0 Å². The summed E-state index contributed by atoms with van der Waals surface area (Å²) >= 11 is 0. The molecule has 3 rings (SSSR count). The van der Waals surface area contributed by atoms with E-state index in [4.69, 9.17) is 5.26 Å². The highest BCUT2D eigenvalue weighted by Crippen LogP contribution is 2.29. The van der Waals surface area contributed by atoms with Crippen molar-refractivity contribution in [3.05, 3.63) is 88.7 Å². The summed E-state index contributed by atoms with van der Waals surface area (Å²) in [7, 11) is 0. The van der Waals surface area contributed by atoms with Crippen molar-refractivity contribution in [1.82, 2.24) is 9.97 Å². The zero-order valence-electron chi connectivity index (χ0n) is 14.4. The van der Waals surface area contributed by atoms with E-state index < -0.39 is 17.5 Å². The molecule has 0 saturated heterocycles. The zero-order chi connectivity index (χ0) is 20.1. The van der Waals surface area contributed by atoms with E-state index in [1.54, 1.807) is 24.3 Å². The number of hydrogen-bond donors (Lipinski definition) is 1. The third-order valence-corrected chi connectivity index (χ3v) is 3.92. The molecule has 0 fully saturated rings. The Morgan fingerprint density at radius 2 is 1.57 bits per heavy atom. The molecule has 1 heterocycles. The molecule has 2 aromatic carbocycles. The molecule has 0 aliphatic rings. The van der Waals surface area contributed by atoms with Crippen molar-refractivity contribution in [3.63, 3.8) is 0 Å². The van der Waals surface area contributed by atoms with Gasteiger partial charge in [0.15, 0.2) is 5.78 Å². The predicted molar refractivity (Wildman–Crippen MR) is 95.4 cm³/mol. The molecular formula is C20H13F3N4O. The minimum atomic E-state index is -4.45. The van der Waals surface area contributed by atoms with Gasteiger partial charge in [-0.05, 0) is 29.8 Å². The molecule has 0 unspecified atom stereocenters. The number of carbonyl (C=O) groups is 1. The Kier molecular flexibility index (Phi) is 5.36. The summed E-state index contributed by atoms with van der Waals surface area (Å²) in [6.07, 6.45) is -1.82. The minimum Gasteiger partial charge on any atom is -0.350 e.